The summed E-state index contributed by atoms with van der Waals surface area (Å²) in [6.45, 7) is 2.19. The third kappa shape index (κ3) is 2.72. The van der Waals surface area contributed by atoms with E-state index >= 15 is 0 Å². The number of hydrogen-bond donors (Lipinski definition) is 1. The molecule has 2 rings (SSSR count). The topological polar surface area (TPSA) is 59.9 Å². The van der Waals surface area contributed by atoms with Crippen LogP contribution < -0.4 is 10.1 Å². The van der Waals surface area contributed by atoms with Crippen molar-refractivity contribution in [2.45, 2.75) is 32.2 Å². The van der Waals surface area contributed by atoms with Crippen LogP contribution >= 0.6 is 11.6 Å². The van der Waals surface area contributed by atoms with Gasteiger partial charge >= 0.3 is 6.01 Å². The molecule has 88 valence electrons. The summed E-state index contributed by atoms with van der Waals surface area (Å²) >= 11 is 5.75. The van der Waals surface area contributed by atoms with Gasteiger partial charge in [-0.05, 0) is 30.4 Å². The van der Waals surface area contributed by atoms with E-state index in [2.05, 4.69) is 27.2 Å². The zero-order valence-corrected chi connectivity index (χ0v) is 10.2. The molecule has 0 aliphatic heterocycles. The summed E-state index contributed by atoms with van der Waals surface area (Å²) in [4.78, 5) is 11.9. The largest absolute Gasteiger partial charge is 0.467 e. The van der Waals surface area contributed by atoms with E-state index in [9.17, 15) is 0 Å². The van der Waals surface area contributed by atoms with E-state index in [1.165, 1.54) is 26.4 Å². The van der Waals surface area contributed by atoms with Crippen molar-refractivity contribution in [2.75, 3.05) is 12.4 Å². The van der Waals surface area contributed by atoms with Gasteiger partial charge in [-0.2, -0.15) is 15.0 Å². The molecule has 0 aromatic carbocycles. The lowest BCUT2D eigenvalue weighted by atomic mass is 10.2. The number of nitrogens with one attached hydrogen (secondary N) is 1. The van der Waals surface area contributed by atoms with E-state index in [4.69, 9.17) is 16.3 Å². The number of methoxy groups -OCH3 is 1. The molecule has 2 unspecified atom stereocenters. The number of aromatic nitrogens is 3. The highest BCUT2D eigenvalue weighted by Gasteiger charge is 2.36. The molecule has 2 atom stereocenters. The lowest BCUT2D eigenvalue weighted by molar-refractivity contribution is 0.379. The van der Waals surface area contributed by atoms with Crippen molar-refractivity contribution in [3.8, 4) is 6.01 Å². The minimum Gasteiger partial charge on any atom is -0.467 e. The summed E-state index contributed by atoms with van der Waals surface area (Å²) in [5, 5.41) is 3.39. The summed E-state index contributed by atoms with van der Waals surface area (Å²) in [5.74, 6) is 1.24. The van der Waals surface area contributed by atoms with Gasteiger partial charge in [0.2, 0.25) is 11.2 Å². The minimum atomic E-state index is 0.155. The summed E-state index contributed by atoms with van der Waals surface area (Å²) in [6, 6.07) is 0.721. The van der Waals surface area contributed by atoms with Crippen LogP contribution in [0.5, 0.6) is 6.01 Å². The molecule has 6 heteroatoms. The molecule has 5 nitrogen and oxygen atoms in total. The van der Waals surface area contributed by atoms with Gasteiger partial charge in [0.25, 0.3) is 0 Å². The van der Waals surface area contributed by atoms with Gasteiger partial charge in [-0.3, -0.25) is 0 Å². The Balaban J connectivity index is 1.97. The second kappa shape index (κ2) is 4.82. The molecule has 0 radical (unpaired) electrons. The fourth-order valence-electron chi connectivity index (χ4n) is 1.77. The smallest absolute Gasteiger partial charge is 0.322 e. The Labute approximate surface area is 99.6 Å². The first-order valence-corrected chi connectivity index (χ1v) is 5.82. The maximum Gasteiger partial charge on any atom is 0.322 e. The number of halogens is 1. The number of ether oxygens (including phenoxy) is 1. The monoisotopic (exact) mass is 242 g/mol. The standard InChI is InChI=1S/C10H15ClN4O/c1-3-4-6-5-7(6)12-9-13-8(11)14-10(15-9)16-2/h6-7H,3-5H2,1-2H3,(H,12,13,14,15). The van der Waals surface area contributed by atoms with Crippen LogP contribution in [0.2, 0.25) is 5.28 Å². The van der Waals surface area contributed by atoms with E-state index in [0.717, 1.165) is 5.92 Å². The van der Waals surface area contributed by atoms with Crippen LogP contribution in [0, 0.1) is 5.92 Å². The first-order chi connectivity index (χ1) is 7.72. The summed E-state index contributed by atoms with van der Waals surface area (Å²) in [5.41, 5.74) is 0. The second-order valence-corrected chi connectivity index (χ2v) is 4.29. The van der Waals surface area contributed by atoms with Crippen LogP contribution in [0.1, 0.15) is 26.2 Å². The quantitative estimate of drug-likeness (QED) is 0.857. The van der Waals surface area contributed by atoms with E-state index in [1.54, 1.807) is 0 Å². The van der Waals surface area contributed by atoms with Gasteiger partial charge in [-0.15, -0.1) is 0 Å². The molecule has 0 bridgehead atoms. The van der Waals surface area contributed by atoms with Crippen LogP contribution in [-0.4, -0.2) is 28.1 Å². The fourth-order valence-corrected chi connectivity index (χ4v) is 1.92. The van der Waals surface area contributed by atoms with E-state index in [0.29, 0.717) is 12.0 Å². The predicted molar refractivity (Wildman–Crippen MR) is 61.8 cm³/mol. The predicted octanol–water partition coefficient (Wildman–Crippen LogP) is 2.13. The third-order valence-corrected chi connectivity index (χ3v) is 2.84. The molecule has 1 heterocycles. The van der Waals surface area contributed by atoms with Gasteiger partial charge in [0.15, 0.2) is 0 Å². The van der Waals surface area contributed by atoms with E-state index in [1.807, 2.05) is 0 Å². The van der Waals surface area contributed by atoms with Crippen LogP contribution in [0.15, 0.2) is 0 Å². The molecule has 1 aliphatic rings. The van der Waals surface area contributed by atoms with Crippen molar-refractivity contribution in [1.82, 2.24) is 15.0 Å². The highest BCUT2D eigenvalue weighted by atomic mass is 35.5. The molecule has 1 aromatic heterocycles. The molecule has 1 aromatic rings. The Hall–Kier alpha value is -1.10. The van der Waals surface area contributed by atoms with Crippen LogP contribution in [0.25, 0.3) is 0 Å². The molecule has 1 N–H and O–H groups in total. The lowest BCUT2D eigenvalue weighted by Crippen LogP contribution is -2.09. The highest BCUT2D eigenvalue weighted by Crippen LogP contribution is 2.36. The number of nitrogens with zero attached hydrogens (tertiary/aromatic N) is 3. The molecule has 16 heavy (non-hydrogen) atoms. The van der Waals surface area contributed by atoms with Crippen LogP contribution in [0.4, 0.5) is 5.95 Å². The van der Waals surface area contributed by atoms with Gasteiger partial charge in [0.05, 0.1) is 7.11 Å². The Morgan fingerprint density at radius 1 is 1.44 bits per heavy atom. The number of anilines is 1. The molecule has 1 aliphatic carbocycles. The van der Waals surface area contributed by atoms with Gasteiger partial charge in [0.1, 0.15) is 0 Å². The van der Waals surface area contributed by atoms with Crippen LogP contribution in [0.3, 0.4) is 0 Å². The average Bonchev–Trinajstić information content (AvgIpc) is 2.96. The van der Waals surface area contributed by atoms with Crippen molar-refractivity contribution in [2.24, 2.45) is 5.92 Å². The van der Waals surface area contributed by atoms with Crippen molar-refractivity contribution < 1.29 is 4.74 Å². The molecule has 0 amide bonds. The minimum absolute atomic E-state index is 0.155. The SMILES string of the molecule is CCCC1CC1Nc1nc(Cl)nc(OC)n1. The van der Waals surface area contributed by atoms with Crippen molar-refractivity contribution in [3.63, 3.8) is 0 Å². The summed E-state index contributed by atoms with van der Waals surface area (Å²) in [6.07, 6.45) is 3.64. The molecule has 0 saturated heterocycles. The second-order valence-electron chi connectivity index (χ2n) is 3.95. The van der Waals surface area contributed by atoms with Gasteiger partial charge in [-0.1, -0.05) is 13.3 Å². The maximum atomic E-state index is 5.75. The molecule has 0 spiro atoms. The van der Waals surface area contributed by atoms with E-state index < -0.39 is 0 Å². The van der Waals surface area contributed by atoms with Gasteiger partial charge in [-0.25, -0.2) is 0 Å². The van der Waals surface area contributed by atoms with Crippen LogP contribution in [-0.2, 0) is 0 Å². The first kappa shape index (κ1) is 11.4. The first-order valence-electron chi connectivity index (χ1n) is 5.45. The lowest BCUT2D eigenvalue weighted by Gasteiger charge is -2.05. The Morgan fingerprint density at radius 3 is 2.94 bits per heavy atom. The summed E-state index contributed by atoms with van der Waals surface area (Å²) in [7, 11) is 1.51. The number of hydrogen-bond acceptors (Lipinski definition) is 5. The normalized spacial score (nSPS) is 22.9. The average molecular weight is 243 g/mol. The zero-order chi connectivity index (χ0) is 11.5. The van der Waals surface area contributed by atoms with Gasteiger partial charge in [0, 0.05) is 6.04 Å². The molecule has 1 fully saturated rings. The third-order valence-electron chi connectivity index (χ3n) is 2.67. The Bertz CT molecular complexity index is 374. The number of rotatable bonds is 5. The highest BCUT2D eigenvalue weighted by molar-refractivity contribution is 6.28. The fraction of sp³-hybridized carbons (Fsp3) is 0.700. The molecule has 1 saturated carbocycles. The maximum absolute atomic E-state index is 5.75. The van der Waals surface area contributed by atoms with Gasteiger partial charge < -0.3 is 10.1 Å². The Morgan fingerprint density at radius 2 is 2.25 bits per heavy atom. The molecular weight excluding hydrogens is 228 g/mol. The van der Waals surface area contributed by atoms with Crippen molar-refractivity contribution in [3.05, 3.63) is 5.28 Å². The summed E-state index contributed by atoms with van der Waals surface area (Å²) < 4.78 is 4.93. The zero-order valence-electron chi connectivity index (χ0n) is 9.40. The van der Waals surface area contributed by atoms with Crippen molar-refractivity contribution >= 4 is 17.5 Å². The van der Waals surface area contributed by atoms with Crippen molar-refractivity contribution in [1.29, 1.82) is 0 Å². The molecular formula is C10H15ClN4O. The Kier molecular flexibility index (Phi) is 3.43. The van der Waals surface area contributed by atoms with E-state index in [-0.39, 0.29) is 11.3 Å².